The maximum absolute atomic E-state index is 12.7. The van der Waals surface area contributed by atoms with E-state index in [4.69, 9.17) is 4.98 Å². The zero-order valence-corrected chi connectivity index (χ0v) is 20.7. The number of hydrogen-bond donors (Lipinski definition) is 1. The lowest BCUT2D eigenvalue weighted by Crippen LogP contribution is -2.14. The molecule has 0 aliphatic rings. The van der Waals surface area contributed by atoms with Crippen molar-refractivity contribution in [3.8, 4) is 28.5 Å². The Morgan fingerprint density at radius 1 is 0.971 bits per heavy atom. The highest BCUT2D eigenvalue weighted by Crippen LogP contribution is 2.34. The largest absolute Gasteiger partial charge is 0.326 e. The Hall–Kier alpha value is -3.88. The van der Waals surface area contributed by atoms with E-state index in [1.807, 2.05) is 91.9 Å². The van der Waals surface area contributed by atoms with Crippen molar-refractivity contribution >= 4 is 23.4 Å². The molecule has 0 saturated carbocycles. The van der Waals surface area contributed by atoms with E-state index >= 15 is 0 Å². The normalized spacial score (nSPS) is 10.5. The topological polar surface area (TPSA) is 65.8 Å². The Kier molecular flexibility index (Phi) is 7.97. The monoisotopic (exact) mass is 477 g/mol. The molecule has 0 aliphatic carbocycles. The standard InChI is InChI=1S/C30H27N3OS/c1-3-22-16-10-11-21(2)29(22)33-28(34)17-18-35-30-26(20-31)25(23-12-6-4-7-13-23)19-27(32-30)24-14-8-5-9-15-24/h4-16,19H,3,17-18H2,1-2H3,(H,33,34). The first kappa shape index (κ1) is 24.3. The maximum Gasteiger partial charge on any atom is 0.225 e. The fourth-order valence-corrected chi connectivity index (χ4v) is 4.92. The van der Waals surface area contributed by atoms with Crippen molar-refractivity contribution in [2.45, 2.75) is 31.7 Å². The number of aromatic nitrogens is 1. The minimum absolute atomic E-state index is 0.0393. The molecule has 1 heterocycles. The third kappa shape index (κ3) is 5.79. The number of aryl methyl sites for hydroxylation is 2. The van der Waals surface area contributed by atoms with Crippen LogP contribution in [0.2, 0.25) is 0 Å². The smallest absolute Gasteiger partial charge is 0.225 e. The van der Waals surface area contributed by atoms with Gasteiger partial charge < -0.3 is 5.32 Å². The van der Waals surface area contributed by atoms with Crippen LogP contribution in [0.5, 0.6) is 0 Å². The van der Waals surface area contributed by atoms with Gasteiger partial charge in [0.25, 0.3) is 0 Å². The summed E-state index contributed by atoms with van der Waals surface area (Å²) in [5, 5.41) is 13.8. The number of pyridine rings is 1. The predicted octanol–water partition coefficient (Wildman–Crippen LogP) is 7.28. The zero-order valence-electron chi connectivity index (χ0n) is 19.9. The second-order valence-corrected chi connectivity index (χ2v) is 9.27. The number of para-hydroxylation sites is 1. The van der Waals surface area contributed by atoms with Crippen molar-refractivity contribution in [3.63, 3.8) is 0 Å². The van der Waals surface area contributed by atoms with Gasteiger partial charge in [0.05, 0.1) is 11.3 Å². The van der Waals surface area contributed by atoms with E-state index in [2.05, 4.69) is 18.3 Å². The highest BCUT2D eigenvalue weighted by Gasteiger charge is 2.16. The molecular formula is C30H27N3OS. The summed E-state index contributed by atoms with van der Waals surface area (Å²) in [6, 6.07) is 30.2. The highest BCUT2D eigenvalue weighted by atomic mass is 32.2. The van der Waals surface area contributed by atoms with Gasteiger partial charge in [-0.25, -0.2) is 4.98 Å². The fourth-order valence-electron chi connectivity index (χ4n) is 3.98. The van der Waals surface area contributed by atoms with Crippen molar-refractivity contribution in [1.29, 1.82) is 5.26 Å². The van der Waals surface area contributed by atoms with Gasteiger partial charge in [0.2, 0.25) is 5.91 Å². The summed E-state index contributed by atoms with van der Waals surface area (Å²) in [5.74, 6) is 0.482. The van der Waals surface area contributed by atoms with Crippen LogP contribution in [-0.2, 0) is 11.2 Å². The number of benzene rings is 3. The lowest BCUT2D eigenvalue weighted by molar-refractivity contribution is -0.115. The molecule has 0 bridgehead atoms. The van der Waals surface area contributed by atoms with Gasteiger partial charge in [-0.3, -0.25) is 4.79 Å². The molecular weight excluding hydrogens is 450 g/mol. The van der Waals surface area contributed by atoms with Gasteiger partial charge in [-0.15, -0.1) is 11.8 Å². The molecule has 0 saturated heterocycles. The van der Waals surface area contributed by atoms with E-state index in [1.54, 1.807) is 0 Å². The Bertz CT molecular complexity index is 1360. The molecule has 0 spiro atoms. The van der Waals surface area contributed by atoms with E-state index in [0.717, 1.165) is 45.6 Å². The molecule has 4 nitrogen and oxygen atoms in total. The minimum atomic E-state index is -0.0393. The number of nitriles is 1. The number of nitrogens with one attached hydrogen (secondary N) is 1. The first-order valence-corrected chi connectivity index (χ1v) is 12.7. The summed E-state index contributed by atoms with van der Waals surface area (Å²) >= 11 is 1.45. The van der Waals surface area contributed by atoms with Crippen LogP contribution in [0.15, 0.2) is 90.0 Å². The van der Waals surface area contributed by atoms with Crippen molar-refractivity contribution < 1.29 is 4.79 Å². The van der Waals surface area contributed by atoms with Crippen LogP contribution < -0.4 is 5.32 Å². The number of nitrogens with zero attached hydrogens (tertiary/aromatic N) is 2. The predicted molar refractivity (Wildman–Crippen MR) is 144 cm³/mol. The molecule has 0 aliphatic heterocycles. The second-order valence-electron chi connectivity index (χ2n) is 8.19. The Morgan fingerprint density at radius 3 is 2.31 bits per heavy atom. The highest BCUT2D eigenvalue weighted by molar-refractivity contribution is 7.99. The van der Waals surface area contributed by atoms with Gasteiger partial charge in [0.15, 0.2) is 0 Å². The Morgan fingerprint density at radius 2 is 1.66 bits per heavy atom. The first-order valence-electron chi connectivity index (χ1n) is 11.7. The van der Waals surface area contributed by atoms with Crippen LogP contribution in [-0.4, -0.2) is 16.6 Å². The average Bonchev–Trinajstić information content (AvgIpc) is 2.90. The average molecular weight is 478 g/mol. The maximum atomic E-state index is 12.7. The van der Waals surface area contributed by atoms with Gasteiger partial charge in [-0.05, 0) is 36.1 Å². The third-order valence-corrected chi connectivity index (χ3v) is 6.80. The number of anilines is 1. The van der Waals surface area contributed by atoms with Gasteiger partial charge in [0.1, 0.15) is 11.1 Å². The SMILES string of the molecule is CCc1cccc(C)c1NC(=O)CCSc1nc(-c2ccccc2)cc(-c2ccccc2)c1C#N. The van der Waals surface area contributed by atoms with Gasteiger partial charge >= 0.3 is 0 Å². The van der Waals surface area contributed by atoms with E-state index in [9.17, 15) is 10.1 Å². The molecule has 3 aromatic carbocycles. The molecule has 35 heavy (non-hydrogen) atoms. The lowest BCUT2D eigenvalue weighted by Gasteiger charge is -2.14. The minimum Gasteiger partial charge on any atom is -0.326 e. The first-order chi connectivity index (χ1) is 17.1. The van der Waals surface area contributed by atoms with E-state index < -0.39 is 0 Å². The van der Waals surface area contributed by atoms with Crippen LogP contribution in [0.4, 0.5) is 5.69 Å². The van der Waals surface area contributed by atoms with Gasteiger partial charge in [0, 0.05) is 29.0 Å². The quantitative estimate of drug-likeness (QED) is 0.271. The van der Waals surface area contributed by atoms with Crippen LogP contribution in [0.3, 0.4) is 0 Å². The molecule has 0 fully saturated rings. The van der Waals surface area contributed by atoms with Crippen LogP contribution in [0, 0.1) is 18.3 Å². The van der Waals surface area contributed by atoms with E-state index in [1.165, 1.54) is 11.8 Å². The Balaban J connectivity index is 1.58. The molecule has 0 radical (unpaired) electrons. The molecule has 0 atom stereocenters. The van der Waals surface area contributed by atoms with Crippen molar-refractivity contribution in [2.24, 2.45) is 0 Å². The van der Waals surface area contributed by atoms with Crippen molar-refractivity contribution in [2.75, 3.05) is 11.1 Å². The number of carbonyl (C=O) groups is 1. The second kappa shape index (κ2) is 11.5. The van der Waals surface area contributed by atoms with Crippen molar-refractivity contribution in [3.05, 3.63) is 102 Å². The number of hydrogen-bond acceptors (Lipinski definition) is 4. The number of thioether (sulfide) groups is 1. The fraction of sp³-hybridized carbons (Fsp3) is 0.167. The number of carbonyl (C=O) groups excluding carboxylic acids is 1. The summed E-state index contributed by atoms with van der Waals surface area (Å²) in [6.45, 7) is 4.09. The molecule has 1 aromatic heterocycles. The van der Waals surface area contributed by atoms with Gasteiger partial charge in [-0.1, -0.05) is 85.8 Å². The summed E-state index contributed by atoms with van der Waals surface area (Å²) in [6.07, 6.45) is 1.18. The number of rotatable bonds is 8. The molecule has 0 unspecified atom stereocenters. The summed E-state index contributed by atoms with van der Waals surface area (Å²) in [4.78, 5) is 17.6. The Labute approximate surface area is 211 Å². The molecule has 4 rings (SSSR count). The summed E-state index contributed by atoms with van der Waals surface area (Å²) < 4.78 is 0. The van der Waals surface area contributed by atoms with E-state index in [-0.39, 0.29) is 5.91 Å². The van der Waals surface area contributed by atoms with Crippen molar-refractivity contribution in [1.82, 2.24) is 4.98 Å². The lowest BCUT2D eigenvalue weighted by atomic mass is 9.99. The van der Waals surface area contributed by atoms with Crippen LogP contribution in [0.1, 0.15) is 30.0 Å². The number of amides is 1. The molecule has 1 N–H and O–H groups in total. The molecule has 4 aromatic rings. The molecule has 5 heteroatoms. The van der Waals surface area contributed by atoms with E-state index in [0.29, 0.717) is 22.8 Å². The molecule has 174 valence electrons. The third-order valence-electron chi connectivity index (χ3n) is 5.82. The van der Waals surface area contributed by atoms with Gasteiger partial charge in [-0.2, -0.15) is 5.26 Å². The summed E-state index contributed by atoms with van der Waals surface area (Å²) in [5.41, 5.74) is 7.23. The zero-order chi connectivity index (χ0) is 24.6. The van der Waals surface area contributed by atoms with Crippen LogP contribution >= 0.6 is 11.8 Å². The summed E-state index contributed by atoms with van der Waals surface area (Å²) in [7, 11) is 0. The molecule has 1 amide bonds. The van der Waals surface area contributed by atoms with Crippen LogP contribution in [0.25, 0.3) is 22.4 Å².